The number of carbonyl (C=O) groups is 1. The third kappa shape index (κ3) is 3.79. The Labute approximate surface area is 146 Å². The van der Waals surface area contributed by atoms with Gasteiger partial charge in [-0.25, -0.2) is 4.98 Å². The van der Waals surface area contributed by atoms with E-state index in [1.807, 2.05) is 53.6 Å². The number of rotatable bonds is 5. The molecule has 2 heterocycles. The van der Waals surface area contributed by atoms with Gasteiger partial charge in [-0.1, -0.05) is 30.3 Å². The number of nitrogens with zero attached hydrogens (tertiary/aromatic N) is 2. The maximum absolute atomic E-state index is 12.8. The fourth-order valence-corrected chi connectivity index (χ4v) is 3.57. The molecule has 2 aromatic rings. The predicted molar refractivity (Wildman–Crippen MR) is 96.1 cm³/mol. The van der Waals surface area contributed by atoms with Crippen molar-refractivity contribution >= 4 is 17.7 Å². The lowest BCUT2D eigenvalue weighted by molar-refractivity contribution is 0.0666. The standard InChI is InChI=1S/C19H22N2O2S/c1-24-18-10-9-15(13-20-18)19(23)21-11-5-8-16(21)12-17(22)14-6-3-2-4-7-14/h2-4,6-7,9-10,13,16-17,22H,5,8,11-12H2,1H3. The summed E-state index contributed by atoms with van der Waals surface area (Å²) < 4.78 is 0. The maximum Gasteiger partial charge on any atom is 0.255 e. The summed E-state index contributed by atoms with van der Waals surface area (Å²) in [7, 11) is 0. The minimum absolute atomic E-state index is 0.0120. The van der Waals surface area contributed by atoms with Crippen LogP contribution in [0.5, 0.6) is 0 Å². The molecular formula is C19H22N2O2S. The Morgan fingerprint density at radius 3 is 2.79 bits per heavy atom. The van der Waals surface area contributed by atoms with Crippen molar-refractivity contribution in [3.8, 4) is 0 Å². The van der Waals surface area contributed by atoms with Gasteiger partial charge < -0.3 is 10.0 Å². The molecular weight excluding hydrogens is 320 g/mol. The van der Waals surface area contributed by atoms with E-state index in [2.05, 4.69) is 4.98 Å². The molecule has 4 nitrogen and oxygen atoms in total. The van der Waals surface area contributed by atoms with Crippen LogP contribution in [0.3, 0.4) is 0 Å². The van der Waals surface area contributed by atoms with Crippen LogP contribution in [0.15, 0.2) is 53.7 Å². The Kier molecular flexibility index (Phi) is 5.53. The number of hydrogen-bond donors (Lipinski definition) is 1. The van der Waals surface area contributed by atoms with E-state index < -0.39 is 6.10 Å². The van der Waals surface area contributed by atoms with Crippen LogP contribution in [0, 0.1) is 0 Å². The van der Waals surface area contributed by atoms with Crippen LogP contribution >= 0.6 is 11.8 Å². The van der Waals surface area contributed by atoms with Gasteiger partial charge in [0.2, 0.25) is 0 Å². The third-order valence-corrected chi connectivity index (χ3v) is 5.17. The number of aliphatic hydroxyl groups is 1. The second-order valence-corrected chi connectivity index (χ2v) is 6.87. The molecule has 1 aliphatic heterocycles. The molecule has 2 unspecified atom stereocenters. The number of aromatic nitrogens is 1. The fraction of sp³-hybridized carbons (Fsp3) is 0.368. The van der Waals surface area contributed by atoms with E-state index in [1.54, 1.807) is 18.0 Å². The quantitative estimate of drug-likeness (QED) is 0.845. The summed E-state index contributed by atoms with van der Waals surface area (Å²) >= 11 is 1.56. The Hall–Kier alpha value is -1.85. The highest BCUT2D eigenvalue weighted by Gasteiger charge is 2.31. The molecule has 3 rings (SSSR count). The van der Waals surface area contributed by atoms with Crippen molar-refractivity contribution in [3.63, 3.8) is 0 Å². The van der Waals surface area contributed by atoms with Crippen LogP contribution in [0.25, 0.3) is 0 Å². The zero-order valence-electron chi connectivity index (χ0n) is 13.8. The summed E-state index contributed by atoms with van der Waals surface area (Å²) in [6, 6.07) is 13.4. The van der Waals surface area contributed by atoms with Crippen molar-refractivity contribution in [2.24, 2.45) is 0 Å². The molecule has 0 aliphatic carbocycles. The highest BCUT2D eigenvalue weighted by Crippen LogP contribution is 2.28. The second kappa shape index (κ2) is 7.81. The van der Waals surface area contributed by atoms with Crippen molar-refractivity contribution in [2.75, 3.05) is 12.8 Å². The molecule has 1 saturated heterocycles. The molecule has 0 spiro atoms. The lowest BCUT2D eigenvalue weighted by atomic mass is 10.0. The molecule has 126 valence electrons. The molecule has 0 saturated carbocycles. The molecule has 5 heteroatoms. The van der Waals surface area contributed by atoms with Crippen LogP contribution in [0.4, 0.5) is 0 Å². The average molecular weight is 342 g/mol. The highest BCUT2D eigenvalue weighted by atomic mass is 32.2. The number of carbonyl (C=O) groups excluding carboxylic acids is 1. The SMILES string of the molecule is CSc1ccc(C(=O)N2CCCC2CC(O)c2ccccc2)cn1. The van der Waals surface area contributed by atoms with E-state index >= 15 is 0 Å². The van der Waals surface area contributed by atoms with Crippen LogP contribution < -0.4 is 0 Å². The fourth-order valence-electron chi connectivity index (χ4n) is 3.21. The van der Waals surface area contributed by atoms with E-state index in [1.165, 1.54) is 0 Å². The molecule has 1 N–H and O–H groups in total. The van der Waals surface area contributed by atoms with Crippen molar-refractivity contribution < 1.29 is 9.90 Å². The number of thioether (sulfide) groups is 1. The summed E-state index contributed by atoms with van der Waals surface area (Å²) in [5, 5.41) is 11.4. The topological polar surface area (TPSA) is 53.4 Å². The Bertz CT molecular complexity index is 676. The van der Waals surface area contributed by atoms with Crippen molar-refractivity contribution in [1.82, 2.24) is 9.88 Å². The van der Waals surface area contributed by atoms with E-state index in [0.717, 1.165) is 30.0 Å². The van der Waals surface area contributed by atoms with Crippen molar-refractivity contribution in [2.45, 2.75) is 36.4 Å². The minimum Gasteiger partial charge on any atom is -0.388 e. The van der Waals surface area contributed by atoms with Gasteiger partial charge in [-0.15, -0.1) is 11.8 Å². The molecule has 1 aliphatic rings. The summed E-state index contributed by atoms with van der Waals surface area (Å²) in [5.41, 5.74) is 1.52. The third-order valence-electron chi connectivity index (χ3n) is 4.51. The molecule has 0 bridgehead atoms. The number of aliphatic hydroxyl groups excluding tert-OH is 1. The second-order valence-electron chi connectivity index (χ2n) is 6.05. The summed E-state index contributed by atoms with van der Waals surface area (Å²) in [4.78, 5) is 19.0. The van der Waals surface area contributed by atoms with Gasteiger partial charge >= 0.3 is 0 Å². The van der Waals surface area contributed by atoms with Gasteiger partial charge in [0, 0.05) is 18.8 Å². The van der Waals surface area contributed by atoms with Gasteiger partial charge in [0.25, 0.3) is 5.91 Å². The van der Waals surface area contributed by atoms with Crippen LogP contribution in [-0.2, 0) is 0 Å². The number of pyridine rings is 1. The summed E-state index contributed by atoms with van der Waals surface area (Å²) in [6.07, 6.45) is 5.57. The zero-order valence-corrected chi connectivity index (χ0v) is 14.6. The molecule has 0 radical (unpaired) electrons. The number of amides is 1. The number of hydrogen-bond acceptors (Lipinski definition) is 4. The Morgan fingerprint density at radius 1 is 1.33 bits per heavy atom. The first kappa shape index (κ1) is 17.0. The normalized spacial score (nSPS) is 18.6. The molecule has 1 aromatic heterocycles. The zero-order chi connectivity index (χ0) is 16.9. The largest absolute Gasteiger partial charge is 0.388 e. The number of benzene rings is 1. The first-order valence-electron chi connectivity index (χ1n) is 8.23. The first-order chi connectivity index (χ1) is 11.7. The molecule has 1 amide bonds. The molecule has 2 atom stereocenters. The Morgan fingerprint density at radius 2 is 2.12 bits per heavy atom. The van der Waals surface area contributed by atoms with E-state index in [4.69, 9.17) is 0 Å². The molecule has 24 heavy (non-hydrogen) atoms. The van der Waals surface area contributed by atoms with Gasteiger partial charge in [0.1, 0.15) is 0 Å². The monoisotopic (exact) mass is 342 g/mol. The predicted octanol–water partition coefficient (Wildman–Crippen LogP) is 3.53. The van der Waals surface area contributed by atoms with Crippen molar-refractivity contribution in [1.29, 1.82) is 0 Å². The van der Waals surface area contributed by atoms with Gasteiger partial charge in [0.15, 0.2) is 0 Å². The smallest absolute Gasteiger partial charge is 0.255 e. The van der Waals surface area contributed by atoms with Crippen LogP contribution in [-0.4, -0.2) is 39.7 Å². The number of likely N-dealkylation sites (tertiary alicyclic amines) is 1. The van der Waals surface area contributed by atoms with Crippen molar-refractivity contribution in [3.05, 3.63) is 59.8 Å². The highest BCUT2D eigenvalue weighted by molar-refractivity contribution is 7.98. The minimum atomic E-state index is -0.540. The lowest BCUT2D eigenvalue weighted by Crippen LogP contribution is -2.36. The van der Waals surface area contributed by atoms with Gasteiger partial charge in [0.05, 0.1) is 16.7 Å². The van der Waals surface area contributed by atoms with Crippen LogP contribution in [0.1, 0.15) is 41.3 Å². The maximum atomic E-state index is 12.8. The van der Waals surface area contributed by atoms with Gasteiger partial charge in [-0.2, -0.15) is 0 Å². The Balaban J connectivity index is 1.69. The van der Waals surface area contributed by atoms with E-state index in [9.17, 15) is 9.90 Å². The lowest BCUT2D eigenvalue weighted by Gasteiger charge is -2.26. The molecule has 1 fully saturated rings. The van der Waals surface area contributed by atoms with Gasteiger partial charge in [-0.3, -0.25) is 4.79 Å². The summed E-state index contributed by atoms with van der Waals surface area (Å²) in [6.45, 7) is 0.745. The molecule has 1 aromatic carbocycles. The van der Waals surface area contributed by atoms with Gasteiger partial charge in [-0.05, 0) is 43.2 Å². The first-order valence-corrected chi connectivity index (χ1v) is 9.45. The average Bonchev–Trinajstić information content (AvgIpc) is 3.10. The van der Waals surface area contributed by atoms with Crippen LogP contribution in [0.2, 0.25) is 0 Å². The van der Waals surface area contributed by atoms with E-state index in [0.29, 0.717) is 12.0 Å². The summed E-state index contributed by atoms with van der Waals surface area (Å²) in [5.74, 6) is 0.0120. The van der Waals surface area contributed by atoms with E-state index in [-0.39, 0.29) is 11.9 Å².